The van der Waals surface area contributed by atoms with Gasteiger partial charge in [-0.15, -0.1) is 11.6 Å². The number of rotatable bonds is 6. The fraction of sp³-hybridized carbons (Fsp3) is 0.533. The Morgan fingerprint density at radius 1 is 1.17 bits per heavy atom. The van der Waals surface area contributed by atoms with Crippen LogP contribution in [0.25, 0.3) is 0 Å². The van der Waals surface area contributed by atoms with Gasteiger partial charge in [-0.2, -0.15) is 4.31 Å². The van der Waals surface area contributed by atoms with Gasteiger partial charge < -0.3 is 5.32 Å². The highest BCUT2D eigenvalue weighted by molar-refractivity contribution is 7.89. The van der Waals surface area contributed by atoms with E-state index in [0.717, 1.165) is 5.56 Å². The number of halogens is 1. The van der Waals surface area contributed by atoms with Gasteiger partial charge in [0.2, 0.25) is 15.9 Å². The Kier molecular flexibility index (Phi) is 6.41. The number of amides is 1. The zero-order chi connectivity index (χ0) is 16.9. The summed E-state index contributed by atoms with van der Waals surface area (Å²) in [6.45, 7) is 5.37. The van der Waals surface area contributed by atoms with Crippen LogP contribution in [0.1, 0.15) is 5.56 Å². The fourth-order valence-electron chi connectivity index (χ4n) is 2.45. The van der Waals surface area contributed by atoms with Crippen LogP contribution in [0.5, 0.6) is 0 Å². The van der Waals surface area contributed by atoms with Gasteiger partial charge in [0.05, 0.1) is 4.90 Å². The third kappa shape index (κ3) is 4.91. The van der Waals surface area contributed by atoms with E-state index in [0.29, 0.717) is 44.2 Å². The van der Waals surface area contributed by atoms with Gasteiger partial charge >= 0.3 is 0 Å². The number of alkyl halides is 1. The molecule has 0 unspecified atom stereocenters. The number of aryl methyl sites for hydroxylation is 1. The van der Waals surface area contributed by atoms with Crippen LogP contribution < -0.4 is 5.32 Å². The molecule has 1 aliphatic heterocycles. The van der Waals surface area contributed by atoms with E-state index in [4.69, 9.17) is 11.6 Å². The molecule has 128 valence electrons. The lowest BCUT2D eigenvalue weighted by Gasteiger charge is -2.33. The molecule has 0 aromatic heterocycles. The van der Waals surface area contributed by atoms with Gasteiger partial charge in [-0.25, -0.2) is 8.42 Å². The highest BCUT2D eigenvalue weighted by Gasteiger charge is 2.28. The van der Waals surface area contributed by atoms with E-state index < -0.39 is 10.0 Å². The van der Waals surface area contributed by atoms with E-state index in [-0.39, 0.29) is 11.8 Å². The summed E-state index contributed by atoms with van der Waals surface area (Å²) in [6, 6.07) is 6.92. The van der Waals surface area contributed by atoms with Crippen molar-refractivity contribution in [3.63, 3.8) is 0 Å². The van der Waals surface area contributed by atoms with Crippen molar-refractivity contribution in [1.29, 1.82) is 0 Å². The molecule has 0 bridgehead atoms. The normalized spacial score (nSPS) is 17.1. The monoisotopic (exact) mass is 359 g/mol. The first-order valence-corrected chi connectivity index (χ1v) is 9.53. The molecule has 0 aliphatic carbocycles. The number of hydrogen-bond acceptors (Lipinski definition) is 4. The minimum atomic E-state index is -3.42. The molecule has 1 saturated heterocycles. The summed E-state index contributed by atoms with van der Waals surface area (Å²) in [5.74, 6) is -0.227. The first-order valence-electron chi connectivity index (χ1n) is 7.55. The van der Waals surface area contributed by atoms with Gasteiger partial charge in [-0.1, -0.05) is 17.7 Å². The Labute approximate surface area is 142 Å². The van der Waals surface area contributed by atoms with Gasteiger partial charge in [0, 0.05) is 39.3 Å². The smallest absolute Gasteiger partial charge is 0.243 e. The van der Waals surface area contributed by atoms with E-state index in [9.17, 15) is 13.2 Å². The Balaban J connectivity index is 1.86. The van der Waals surface area contributed by atoms with Gasteiger partial charge in [0.15, 0.2) is 0 Å². The molecule has 1 aromatic carbocycles. The second-order valence-corrected chi connectivity index (χ2v) is 7.75. The molecule has 1 aromatic rings. The van der Waals surface area contributed by atoms with Crippen molar-refractivity contribution in [3.8, 4) is 0 Å². The van der Waals surface area contributed by atoms with Crippen molar-refractivity contribution in [3.05, 3.63) is 29.8 Å². The van der Waals surface area contributed by atoms with Crippen LogP contribution >= 0.6 is 11.6 Å². The molecular weight excluding hydrogens is 338 g/mol. The quantitative estimate of drug-likeness (QED) is 0.757. The standard InChI is InChI=1S/C15H22ClN3O3S/c1-13-2-4-14(5-3-13)23(21,22)19-10-8-18(9-11-19)7-6-17-15(20)12-16/h2-5H,6-12H2,1H3,(H,17,20). The molecule has 6 nitrogen and oxygen atoms in total. The van der Waals surface area contributed by atoms with E-state index in [2.05, 4.69) is 10.2 Å². The molecular formula is C15H22ClN3O3S. The number of nitrogens with one attached hydrogen (secondary N) is 1. The van der Waals surface area contributed by atoms with Crippen molar-refractivity contribution in [1.82, 2.24) is 14.5 Å². The van der Waals surface area contributed by atoms with Crippen LogP contribution in [0.3, 0.4) is 0 Å². The maximum Gasteiger partial charge on any atom is 0.243 e. The topological polar surface area (TPSA) is 69.7 Å². The molecule has 1 N–H and O–H groups in total. The number of carbonyl (C=O) groups excluding carboxylic acids is 1. The minimum Gasteiger partial charge on any atom is -0.354 e. The van der Waals surface area contributed by atoms with E-state index in [1.54, 1.807) is 12.1 Å². The van der Waals surface area contributed by atoms with Crippen LogP contribution in [0.2, 0.25) is 0 Å². The first-order chi connectivity index (χ1) is 10.9. The summed E-state index contributed by atoms with van der Waals surface area (Å²) in [5.41, 5.74) is 1.03. The maximum absolute atomic E-state index is 12.6. The van der Waals surface area contributed by atoms with Gasteiger partial charge in [0.25, 0.3) is 0 Å². The largest absolute Gasteiger partial charge is 0.354 e. The summed E-state index contributed by atoms with van der Waals surface area (Å²) in [7, 11) is -3.42. The van der Waals surface area contributed by atoms with Gasteiger partial charge in [-0.05, 0) is 19.1 Å². The molecule has 8 heteroatoms. The molecule has 23 heavy (non-hydrogen) atoms. The van der Waals surface area contributed by atoms with Crippen LogP contribution in [-0.2, 0) is 14.8 Å². The summed E-state index contributed by atoms with van der Waals surface area (Å²) in [6.07, 6.45) is 0. The second-order valence-electron chi connectivity index (χ2n) is 5.54. The van der Waals surface area contributed by atoms with Crippen molar-refractivity contribution in [2.45, 2.75) is 11.8 Å². The molecule has 0 spiro atoms. The van der Waals surface area contributed by atoms with Gasteiger partial charge in [0.1, 0.15) is 5.88 Å². The molecule has 1 heterocycles. The molecule has 1 aliphatic rings. The number of carbonyl (C=O) groups is 1. The Morgan fingerprint density at radius 3 is 2.35 bits per heavy atom. The molecule has 1 amide bonds. The zero-order valence-corrected chi connectivity index (χ0v) is 14.7. The maximum atomic E-state index is 12.6. The van der Waals surface area contributed by atoms with Crippen LogP contribution in [-0.4, -0.2) is 68.7 Å². The summed E-state index contributed by atoms with van der Waals surface area (Å²) in [4.78, 5) is 13.5. The molecule has 0 atom stereocenters. The Bertz CT molecular complexity index is 626. The van der Waals surface area contributed by atoms with Crippen molar-refractivity contribution < 1.29 is 13.2 Å². The van der Waals surface area contributed by atoms with Crippen molar-refractivity contribution in [2.75, 3.05) is 45.1 Å². The number of hydrogen-bond donors (Lipinski definition) is 1. The van der Waals surface area contributed by atoms with Gasteiger partial charge in [-0.3, -0.25) is 9.69 Å². The van der Waals surface area contributed by atoms with Crippen LogP contribution in [0, 0.1) is 6.92 Å². The number of piperazine rings is 1. The number of benzene rings is 1. The predicted octanol–water partition coefficient (Wildman–Crippen LogP) is 0.656. The number of nitrogens with zero attached hydrogens (tertiary/aromatic N) is 2. The lowest BCUT2D eigenvalue weighted by atomic mass is 10.2. The third-order valence-electron chi connectivity index (χ3n) is 3.86. The molecule has 0 saturated carbocycles. The number of sulfonamides is 1. The highest BCUT2D eigenvalue weighted by Crippen LogP contribution is 2.18. The summed E-state index contributed by atoms with van der Waals surface area (Å²) in [5, 5.41) is 2.71. The lowest BCUT2D eigenvalue weighted by molar-refractivity contribution is -0.118. The summed E-state index contributed by atoms with van der Waals surface area (Å²) < 4.78 is 26.7. The Hall–Kier alpha value is -1.15. The average Bonchev–Trinajstić information content (AvgIpc) is 2.55. The third-order valence-corrected chi connectivity index (χ3v) is 6.02. The predicted molar refractivity (Wildman–Crippen MR) is 90.1 cm³/mol. The molecule has 0 radical (unpaired) electrons. The first kappa shape index (κ1) is 18.2. The summed E-state index contributed by atoms with van der Waals surface area (Å²) >= 11 is 5.41. The fourth-order valence-corrected chi connectivity index (χ4v) is 3.97. The zero-order valence-electron chi connectivity index (χ0n) is 13.2. The Morgan fingerprint density at radius 2 is 1.78 bits per heavy atom. The highest BCUT2D eigenvalue weighted by atomic mass is 35.5. The molecule has 2 rings (SSSR count). The molecule has 1 fully saturated rings. The van der Waals surface area contributed by atoms with E-state index in [1.165, 1.54) is 4.31 Å². The van der Waals surface area contributed by atoms with Crippen molar-refractivity contribution >= 4 is 27.5 Å². The SMILES string of the molecule is Cc1ccc(S(=O)(=O)N2CCN(CCNC(=O)CCl)CC2)cc1. The average molecular weight is 360 g/mol. The van der Waals surface area contributed by atoms with E-state index >= 15 is 0 Å². The van der Waals surface area contributed by atoms with E-state index in [1.807, 2.05) is 19.1 Å². The lowest BCUT2D eigenvalue weighted by Crippen LogP contribution is -2.50. The van der Waals surface area contributed by atoms with Crippen molar-refractivity contribution in [2.24, 2.45) is 0 Å². The van der Waals surface area contributed by atoms with Crippen LogP contribution in [0.4, 0.5) is 0 Å². The minimum absolute atomic E-state index is 0.0391. The second kappa shape index (κ2) is 8.10. The van der Waals surface area contributed by atoms with Crippen LogP contribution in [0.15, 0.2) is 29.2 Å².